The topological polar surface area (TPSA) is 43.1 Å². The molecule has 31 heavy (non-hydrogen) atoms. The van der Waals surface area contributed by atoms with Crippen molar-refractivity contribution in [3.63, 3.8) is 0 Å². The first kappa shape index (κ1) is 21.2. The standard InChI is InChI=1S/C23H25F3N4O/c1-28-14-5-6-17(28)13-15-29(2)22(31)16-9-11-18(12-10-16)30-20-8-4-3-7-19(20)21(27-30)23(24,25)26/h5-6,9-12,14H,3-4,7-8,13,15H2,1-2H3. The van der Waals surface area contributed by atoms with Crippen molar-refractivity contribution in [1.82, 2.24) is 19.2 Å². The van der Waals surface area contributed by atoms with Crippen LogP contribution < -0.4 is 0 Å². The number of alkyl halides is 3. The number of nitrogens with zero attached hydrogens (tertiary/aromatic N) is 4. The number of halogens is 3. The van der Waals surface area contributed by atoms with Crippen molar-refractivity contribution in [1.29, 1.82) is 0 Å². The molecule has 1 aliphatic rings. The maximum Gasteiger partial charge on any atom is 0.435 e. The number of aromatic nitrogens is 3. The molecule has 1 aliphatic carbocycles. The molecule has 0 saturated carbocycles. The van der Waals surface area contributed by atoms with Crippen LogP contribution in [-0.4, -0.2) is 38.7 Å². The molecule has 0 radical (unpaired) electrons. The quantitative estimate of drug-likeness (QED) is 0.601. The van der Waals surface area contributed by atoms with E-state index in [1.165, 1.54) is 4.68 Å². The second kappa shape index (κ2) is 8.24. The second-order valence-corrected chi connectivity index (χ2v) is 8.02. The van der Waals surface area contributed by atoms with E-state index >= 15 is 0 Å². The number of carbonyl (C=O) groups excluding carboxylic acids is 1. The summed E-state index contributed by atoms with van der Waals surface area (Å²) >= 11 is 0. The largest absolute Gasteiger partial charge is 0.435 e. The van der Waals surface area contributed by atoms with E-state index in [9.17, 15) is 18.0 Å². The van der Waals surface area contributed by atoms with E-state index in [0.29, 0.717) is 41.9 Å². The molecule has 0 bridgehead atoms. The predicted molar refractivity (Wildman–Crippen MR) is 111 cm³/mol. The molecule has 4 rings (SSSR count). The number of hydrogen-bond donors (Lipinski definition) is 0. The fraction of sp³-hybridized carbons (Fsp3) is 0.391. The number of benzene rings is 1. The maximum absolute atomic E-state index is 13.4. The van der Waals surface area contributed by atoms with Gasteiger partial charge in [-0.2, -0.15) is 18.3 Å². The van der Waals surface area contributed by atoms with Crippen LogP contribution in [0, 0.1) is 0 Å². The molecule has 0 atom stereocenters. The molecule has 2 aromatic heterocycles. The summed E-state index contributed by atoms with van der Waals surface area (Å²) in [6.45, 7) is 0.569. The van der Waals surface area contributed by atoms with Gasteiger partial charge in [-0.3, -0.25) is 4.79 Å². The Morgan fingerprint density at radius 1 is 1.13 bits per heavy atom. The minimum absolute atomic E-state index is 0.126. The number of rotatable bonds is 5. The van der Waals surface area contributed by atoms with Crippen molar-refractivity contribution >= 4 is 5.91 Å². The van der Waals surface area contributed by atoms with E-state index in [2.05, 4.69) is 5.10 Å². The average Bonchev–Trinajstić information content (AvgIpc) is 3.35. The molecule has 164 valence electrons. The van der Waals surface area contributed by atoms with Crippen LogP contribution >= 0.6 is 0 Å². The van der Waals surface area contributed by atoms with Crippen LogP contribution in [0.25, 0.3) is 5.69 Å². The highest BCUT2D eigenvalue weighted by molar-refractivity contribution is 5.94. The van der Waals surface area contributed by atoms with Crippen LogP contribution in [0.3, 0.4) is 0 Å². The molecule has 3 aromatic rings. The molecule has 0 aliphatic heterocycles. The minimum Gasteiger partial charge on any atom is -0.354 e. The summed E-state index contributed by atoms with van der Waals surface area (Å²) in [4.78, 5) is 14.4. The number of aryl methyl sites for hydroxylation is 1. The summed E-state index contributed by atoms with van der Waals surface area (Å²) in [5.74, 6) is -0.126. The Morgan fingerprint density at radius 3 is 2.48 bits per heavy atom. The number of carbonyl (C=O) groups is 1. The normalized spacial score (nSPS) is 13.8. The highest BCUT2D eigenvalue weighted by Crippen LogP contribution is 2.36. The summed E-state index contributed by atoms with van der Waals surface area (Å²) < 4.78 is 43.7. The molecule has 0 spiro atoms. The van der Waals surface area contributed by atoms with E-state index in [1.807, 2.05) is 29.9 Å². The summed E-state index contributed by atoms with van der Waals surface area (Å²) in [5, 5.41) is 3.90. The van der Waals surface area contributed by atoms with Crippen molar-refractivity contribution < 1.29 is 18.0 Å². The van der Waals surface area contributed by atoms with Gasteiger partial charge in [-0.25, -0.2) is 4.68 Å². The van der Waals surface area contributed by atoms with E-state index in [4.69, 9.17) is 0 Å². The van der Waals surface area contributed by atoms with Crippen molar-refractivity contribution in [3.05, 3.63) is 70.8 Å². The van der Waals surface area contributed by atoms with Gasteiger partial charge in [-0.05, 0) is 62.1 Å². The van der Waals surface area contributed by atoms with Gasteiger partial charge >= 0.3 is 6.18 Å². The third kappa shape index (κ3) is 4.24. The molecule has 5 nitrogen and oxygen atoms in total. The molecule has 2 heterocycles. The first-order chi connectivity index (χ1) is 14.8. The van der Waals surface area contributed by atoms with Gasteiger partial charge in [0.2, 0.25) is 0 Å². The number of likely N-dealkylation sites (N-methyl/N-ethyl adjacent to an activating group) is 1. The zero-order chi connectivity index (χ0) is 22.2. The Kier molecular flexibility index (Phi) is 5.64. The van der Waals surface area contributed by atoms with Crippen LogP contribution in [-0.2, 0) is 32.5 Å². The van der Waals surface area contributed by atoms with Gasteiger partial charge in [-0.15, -0.1) is 0 Å². The molecule has 0 saturated heterocycles. The van der Waals surface area contributed by atoms with Gasteiger partial charge in [0.05, 0.1) is 5.69 Å². The molecular weight excluding hydrogens is 405 g/mol. The van der Waals surface area contributed by atoms with Crippen molar-refractivity contribution in [3.8, 4) is 5.69 Å². The molecule has 1 amide bonds. The maximum atomic E-state index is 13.4. The SMILES string of the molecule is CN(CCc1cccn1C)C(=O)c1ccc(-n2nc(C(F)(F)F)c3c2CCCC3)cc1. The van der Waals surface area contributed by atoms with Crippen molar-refractivity contribution in [2.75, 3.05) is 13.6 Å². The first-order valence-electron chi connectivity index (χ1n) is 10.4. The number of amides is 1. The molecule has 8 heteroatoms. The Morgan fingerprint density at radius 2 is 1.84 bits per heavy atom. The lowest BCUT2D eigenvalue weighted by atomic mass is 9.95. The fourth-order valence-corrected chi connectivity index (χ4v) is 4.15. The van der Waals surface area contributed by atoms with Gasteiger partial charge < -0.3 is 9.47 Å². The lowest BCUT2D eigenvalue weighted by Gasteiger charge is -2.18. The predicted octanol–water partition coefficient (Wildman–Crippen LogP) is 4.42. The smallest absolute Gasteiger partial charge is 0.354 e. The zero-order valence-corrected chi connectivity index (χ0v) is 17.6. The minimum atomic E-state index is -4.47. The lowest BCUT2D eigenvalue weighted by Crippen LogP contribution is -2.29. The third-order valence-corrected chi connectivity index (χ3v) is 5.91. The Hall–Kier alpha value is -3.03. The van der Waals surface area contributed by atoms with E-state index in [0.717, 1.165) is 25.0 Å². The van der Waals surface area contributed by atoms with Gasteiger partial charge in [-0.1, -0.05) is 0 Å². The highest BCUT2D eigenvalue weighted by atomic mass is 19.4. The number of fused-ring (bicyclic) bond motifs is 1. The van der Waals surface area contributed by atoms with Crippen molar-refractivity contribution in [2.24, 2.45) is 7.05 Å². The van der Waals surface area contributed by atoms with Crippen LogP contribution in [0.5, 0.6) is 0 Å². The van der Waals surface area contributed by atoms with Gasteiger partial charge in [0.1, 0.15) is 0 Å². The van der Waals surface area contributed by atoms with Crippen LogP contribution in [0.15, 0.2) is 42.6 Å². The third-order valence-electron chi connectivity index (χ3n) is 5.91. The van der Waals surface area contributed by atoms with Gasteiger partial charge in [0.15, 0.2) is 5.69 Å². The average molecular weight is 430 g/mol. The second-order valence-electron chi connectivity index (χ2n) is 8.02. The molecular formula is C23H25F3N4O. The highest BCUT2D eigenvalue weighted by Gasteiger charge is 2.39. The summed E-state index contributed by atoms with van der Waals surface area (Å²) in [7, 11) is 3.72. The summed E-state index contributed by atoms with van der Waals surface area (Å²) in [6.07, 6.45) is 0.789. The van der Waals surface area contributed by atoms with Gasteiger partial charge in [0.25, 0.3) is 5.91 Å². The Labute approximate surface area is 179 Å². The van der Waals surface area contributed by atoms with E-state index < -0.39 is 11.9 Å². The molecule has 0 unspecified atom stereocenters. The molecule has 0 N–H and O–H groups in total. The molecule has 1 aromatic carbocycles. The Bertz CT molecular complexity index is 1080. The zero-order valence-electron chi connectivity index (χ0n) is 17.6. The first-order valence-corrected chi connectivity index (χ1v) is 10.4. The monoisotopic (exact) mass is 430 g/mol. The lowest BCUT2D eigenvalue weighted by molar-refractivity contribution is -0.142. The van der Waals surface area contributed by atoms with Gasteiger partial charge in [0, 0.05) is 55.8 Å². The van der Waals surface area contributed by atoms with E-state index in [-0.39, 0.29) is 5.91 Å². The van der Waals surface area contributed by atoms with Crippen LogP contribution in [0.1, 0.15) is 45.8 Å². The van der Waals surface area contributed by atoms with Crippen LogP contribution in [0.2, 0.25) is 0 Å². The summed E-state index contributed by atoms with van der Waals surface area (Å²) in [6, 6.07) is 10.6. The van der Waals surface area contributed by atoms with Crippen LogP contribution in [0.4, 0.5) is 13.2 Å². The van der Waals surface area contributed by atoms with E-state index in [1.54, 1.807) is 36.2 Å². The summed E-state index contributed by atoms with van der Waals surface area (Å²) in [5.41, 5.74) is 2.31. The molecule has 0 fully saturated rings. The fourth-order valence-electron chi connectivity index (χ4n) is 4.15. The number of hydrogen-bond acceptors (Lipinski definition) is 2. The Balaban J connectivity index is 1.52. The van der Waals surface area contributed by atoms with Crippen molar-refractivity contribution in [2.45, 2.75) is 38.3 Å².